The summed E-state index contributed by atoms with van der Waals surface area (Å²) in [6, 6.07) is 5.33. The molecule has 0 aliphatic rings. The number of carbonyl (C=O) groups excluding carboxylic acids is 1. The number of nitrogens with one attached hydrogen (secondary N) is 1. The second-order valence-electron chi connectivity index (χ2n) is 6.70. The zero-order valence-corrected chi connectivity index (χ0v) is 17.5. The highest BCUT2D eigenvalue weighted by atomic mass is 79.9. The summed E-state index contributed by atoms with van der Waals surface area (Å²) in [6.45, 7) is 2.27. The first-order valence-electron chi connectivity index (χ1n) is 9.26. The molecule has 3 aromatic heterocycles. The molecule has 0 aromatic carbocycles. The van der Waals surface area contributed by atoms with Gasteiger partial charge in [0.05, 0.1) is 12.1 Å². The largest absolute Gasteiger partial charge is 0.452 e. The summed E-state index contributed by atoms with van der Waals surface area (Å²) in [5.74, 6) is 0.405. The third-order valence-electron chi connectivity index (χ3n) is 4.61. The van der Waals surface area contributed by atoms with E-state index in [0.29, 0.717) is 23.2 Å². The van der Waals surface area contributed by atoms with Crippen molar-refractivity contribution < 1.29 is 18.7 Å². The van der Waals surface area contributed by atoms with E-state index in [1.54, 1.807) is 24.5 Å². The lowest BCUT2D eigenvalue weighted by atomic mass is 10.0. The van der Waals surface area contributed by atoms with Crippen molar-refractivity contribution in [3.63, 3.8) is 0 Å². The van der Waals surface area contributed by atoms with Crippen LogP contribution in [0.5, 0.6) is 0 Å². The Morgan fingerprint density at radius 2 is 2.24 bits per heavy atom. The Morgan fingerprint density at radius 1 is 1.41 bits per heavy atom. The molecule has 0 saturated heterocycles. The van der Waals surface area contributed by atoms with Gasteiger partial charge in [-0.2, -0.15) is 0 Å². The molecule has 3 rings (SSSR count). The van der Waals surface area contributed by atoms with Crippen molar-refractivity contribution >= 4 is 27.5 Å². The summed E-state index contributed by atoms with van der Waals surface area (Å²) in [7, 11) is 0. The molecule has 9 heteroatoms. The first-order valence-corrected chi connectivity index (χ1v) is 10.1. The molecule has 0 radical (unpaired) electrons. The number of alkyl halides is 1. The summed E-state index contributed by atoms with van der Waals surface area (Å²) >= 11 is 3.26. The maximum absolute atomic E-state index is 14.4. The fourth-order valence-corrected chi connectivity index (χ4v) is 3.27. The lowest BCUT2D eigenvalue weighted by Crippen LogP contribution is -2.22. The van der Waals surface area contributed by atoms with Crippen LogP contribution in [0.15, 0.2) is 52.2 Å². The van der Waals surface area contributed by atoms with Crippen molar-refractivity contribution in [2.24, 2.45) is 5.92 Å². The molecule has 0 fully saturated rings. The highest BCUT2D eigenvalue weighted by molar-refractivity contribution is 9.10. The molecule has 0 saturated carbocycles. The number of aromatic nitrogens is 3. The van der Waals surface area contributed by atoms with Gasteiger partial charge >= 0.3 is 0 Å². The quantitative estimate of drug-likeness (QED) is 0.347. The Balaban J connectivity index is 1.73. The zero-order chi connectivity index (χ0) is 20.8. The van der Waals surface area contributed by atoms with Crippen LogP contribution in [0.2, 0.25) is 0 Å². The normalized spacial score (nSPS) is 13.2. The number of hydrogen-bond acceptors (Lipinski definition) is 6. The lowest BCUT2D eigenvalue weighted by Gasteiger charge is -2.17. The number of anilines is 1. The SMILES string of the molecule is CCC(CO)CC(F)Nc1ncncc1C(=O)c1ccn(Cc2ccc(Br)o2)c1. The van der Waals surface area contributed by atoms with E-state index in [4.69, 9.17) is 4.42 Å². The molecule has 0 aliphatic carbocycles. The van der Waals surface area contributed by atoms with Crippen molar-refractivity contribution in [2.75, 3.05) is 11.9 Å². The van der Waals surface area contributed by atoms with Crippen molar-refractivity contribution in [2.45, 2.75) is 32.6 Å². The maximum atomic E-state index is 14.4. The minimum Gasteiger partial charge on any atom is -0.452 e. The lowest BCUT2D eigenvalue weighted by molar-refractivity contribution is 0.103. The number of hydrogen-bond donors (Lipinski definition) is 2. The smallest absolute Gasteiger partial charge is 0.199 e. The van der Waals surface area contributed by atoms with Crippen molar-refractivity contribution in [3.8, 4) is 0 Å². The standard InChI is InChI=1S/C20H22BrFN4O3/c1-2-13(11-27)7-18(22)25-20-16(8-23-12-24-20)19(28)14-5-6-26(9-14)10-15-3-4-17(21)29-15/h3-6,8-9,12-13,18,27H,2,7,10-11H2,1H3,(H,23,24,25). The van der Waals surface area contributed by atoms with Crippen LogP contribution in [0.25, 0.3) is 0 Å². The van der Waals surface area contributed by atoms with Gasteiger partial charge in [0.25, 0.3) is 0 Å². The Labute approximate surface area is 176 Å². The van der Waals surface area contributed by atoms with Gasteiger partial charge in [0.2, 0.25) is 0 Å². The fourth-order valence-electron chi connectivity index (χ4n) is 2.93. The van der Waals surface area contributed by atoms with E-state index < -0.39 is 6.30 Å². The molecular formula is C20H22BrFN4O3. The van der Waals surface area contributed by atoms with Crippen LogP contribution in [0.1, 0.15) is 41.4 Å². The molecule has 2 N–H and O–H groups in total. The summed E-state index contributed by atoms with van der Waals surface area (Å²) < 4.78 is 22.3. The number of nitrogens with zero attached hydrogens (tertiary/aromatic N) is 3. The number of furan rings is 1. The van der Waals surface area contributed by atoms with Gasteiger partial charge in [0, 0.05) is 37.2 Å². The van der Waals surface area contributed by atoms with Gasteiger partial charge in [-0.3, -0.25) is 4.79 Å². The number of halogens is 2. The molecule has 29 heavy (non-hydrogen) atoms. The predicted molar refractivity (Wildman–Crippen MR) is 109 cm³/mol. The van der Waals surface area contributed by atoms with Crippen LogP contribution in [0, 0.1) is 5.92 Å². The van der Waals surface area contributed by atoms with Gasteiger partial charge in [-0.25, -0.2) is 14.4 Å². The number of rotatable bonds is 10. The van der Waals surface area contributed by atoms with E-state index >= 15 is 0 Å². The van der Waals surface area contributed by atoms with Crippen LogP contribution in [0.4, 0.5) is 10.2 Å². The molecule has 3 heterocycles. The molecule has 2 atom stereocenters. The number of ketones is 1. The first kappa shape index (κ1) is 21.2. The Bertz CT molecular complexity index is 955. The summed E-state index contributed by atoms with van der Waals surface area (Å²) in [5.41, 5.74) is 0.622. The first-order chi connectivity index (χ1) is 14.0. The average molecular weight is 465 g/mol. The van der Waals surface area contributed by atoms with E-state index in [-0.39, 0.29) is 36.1 Å². The molecular weight excluding hydrogens is 443 g/mol. The van der Waals surface area contributed by atoms with E-state index in [1.165, 1.54) is 12.5 Å². The molecule has 7 nitrogen and oxygen atoms in total. The van der Waals surface area contributed by atoms with Crippen LogP contribution in [0.3, 0.4) is 0 Å². The predicted octanol–water partition coefficient (Wildman–Crippen LogP) is 4.03. The molecule has 154 valence electrons. The molecule has 0 aliphatic heterocycles. The van der Waals surface area contributed by atoms with Crippen LogP contribution < -0.4 is 5.32 Å². The molecule has 0 spiro atoms. The van der Waals surface area contributed by atoms with Gasteiger partial charge < -0.3 is 19.4 Å². The van der Waals surface area contributed by atoms with E-state index in [2.05, 4.69) is 31.2 Å². The van der Waals surface area contributed by atoms with E-state index in [9.17, 15) is 14.3 Å². The molecule has 0 amide bonds. The summed E-state index contributed by atoms with van der Waals surface area (Å²) in [4.78, 5) is 20.9. The number of aliphatic hydroxyl groups excluding tert-OH is 1. The van der Waals surface area contributed by atoms with Crippen LogP contribution in [-0.2, 0) is 6.54 Å². The maximum Gasteiger partial charge on any atom is 0.199 e. The second-order valence-corrected chi connectivity index (χ2v) is 7.48. The molecule has 2 unspecified atom stereocenters. The molecule has 0 bridgehead atoms. The Kier molecular flexibility index (Phi) is 7.16. The van der Waals surface area contributed by atoms with Crippen molar-refractivity contribution in [1.82, 2.24) is 14.5 Å². The second kappa shape index (κ2) is 9.80. The number of aliphatic hydroxyl groups is 1. The average Bonchev–Trinajstić information content (AvgIpc) is 3.35. The highest BCUT2D eigenvalue weighted by Crippen LogP contribution is 2.21. The van der Waals surface area contributed by atoms with Crippen LogP contribution >= 0.6 is 15.9 Å². The minimum absolute atomic E-state index is 0.0894. The van der Waals surface area contributed by atoms with Gasteiger partial charge in [0.15, 0.2) is 16.7 Å². The Hall–Kier alpha value is -2.52. The highest BCUT2D eigenvalue weighted by Gasteiger charge is 2.20. The third-order valence-corrected chi connectivity index (χ3v) is 5.03. The van der Waals surface area contributed by atoms with Gasteiger partial charge in [-0.15, -0.1) is 0 Å². The van der Waals surface area contributed by atoms with Gasteiger partial charge in [0.1, 0.15) is 17.9 Å². The number of carbonyl (C=O) groups is 1. The van der Waals surface area contributed by atoms with Gasteiger partial charge in [-0.05, 0) is 40.0 Å². The minimum atomic E-state index is -1.43. The summed E-state index contributed by atoms with van der Waals surface area (Å²) in [5, 5.41) is 11.9. The van der Waals surface area contributed by atoms with E-state index in [0.717, 1.165) is 5.76 Å². The monoisotopic (exact) mass is 464 g/mol. The summed E-state index contributed by atoms with van der Waals surface area (Å²) in [6.07, 6.45) is 5.44. The fraction of sp³-hybridized carbons (Fsp3) is 0.350. The molecule has 3 aromatic rings. The van der Waals surface area contributed by atoms with Gasteiger partial charge in [-0.1, -0.05) is 13.3 Å². The van der Waals surface area contributed by atoms with E-state index in [1.807, 2.05) is 17.6 Å². The van der Waals surface area contributed by atoms with Crippen molar-refractivity contribution in [3.05, 3.63) is 64.7 Å². The van der Waals surface area contributed by atoms with Crippen molar-refractivity contribution in [1.29, 1.82) is 0 Å². The Morgan fingerprint density at radius 3 is 2.93 bits per heavy atom. The topological polar surface area (TPSA) is 93.2 Å². The zero-order valence-electron chi connectivity index (χ0n) is 15.9. The van der Waals surface area contributed by atoms with Crippen LogP contribution in [-0.4, -0.2) is 38.3 Å². The third kappa shape index (κ3) is 5.51.